The van der Waals surface area contributed by atoms with E-state index in [1.807, 2.05) is 0 Å². The zero-order valence-electron chi connectivity index (χ0n) is 22.1. The van der Waals surface area contributed by atoms with Crippen molar-refractivity contribution in [2.24, 2.45) is 7.05 Å². The zero-order valence-corrected chi connectivity index (χ0v) is 22.1. The van der Waals surface area contributed by atoms with Gasteiger partial charge in [-0.15, -0.1) is 10.2 Å². The molecule has 6 rings (SSSR count). The van der Waals surface area contributed by atoms with Crippen LogP contribution in [0.2, 0.25) is 0 Å². The molecule has 42 heavy (non-hydrogen) atoms. The summed E-state index contributed by atoms with van der Waals surface area (Å²) >= 11 is 0. The van der Waals surface area contributed by atoms with E-state index in [4.69, 9.17) is 4.42 Å². The largest absolute Gasteiger partial charge is 0.435 e. The van der Waals surface area contributed by atoms with Crippen LogP contribution in [0, 0.1) is 5.82 Å². The molecule has 0 radical (unpaired) electrons. The van der Waals surface area contributed by atoms with E-state index >= 15 is 0 Å². The van der Waals surface area contributed by atoms with Crippen molar-refractivity contribution in [2.45, 2.75) is 43.5 Å². The molecule has 2 atom stereocenters. The number of aliphatic hydroxyl groups excluding tert-OH is 1. The van der Waals surface area contributed by atoms with Gasteiger partial charge in [0.15, 0.2) is 11.4 Å². The molecule has 0 bridgehead atoms. The summed E-state index contributed by atoms with van der Waals surface area (Å²) in [5, 5.41) is 41.9. The molecule has 0 saturated heterocycles. The number of aliphatic hydroxyl groups is 3. The molecule has 2 aromatic heterocycles. The highest BCUT2D eigenvalue weighted by molar-refractivity contribution is 5.84. The van der Waals surface area contributed by atoms with Crippen LogP contribution in [0.1, 0.15) is 30.4 Å². The quantitative estimate of drug-likeness (QED) is 0.167. The minimum Gasteiger partial charge on any atom is -0.435 e. The lowest BCUT2D eigenvalue weighted by atomic mass is 9.97. The summed E-state index contributed by atoms with van der Waals surface area (Å²) in [4.78, 5) is 4.26. The van der Waals surface area contributed by atoms with Crippen molar-refractivity contribution in [1.82, 2.24) is 25.1 Å². The van der Waals surface area contributed by atoms with Crippen molar-refractivity contribution < 1.29 is 37.3 Å². The molecule has 2 unspecified atom stereocenters. The van der Waals surface area contributed by atoms with E-state index in [1.165, 1.54) is 18.5 Å². The molecule has 0 spiro atoms. The Balaban J connectivity index is 1.43. The van der Waals surface area contributed by atoms with Gasteiger partial charge in [0.05, 0.1) is 6.10 Å². The molecular formula is C29H25F4N5O4. The minimum atomic E-state index is -4.91. The molecule has 4 N–H and O–H groups in total. The number of aryl methyl sites for hydroxylation is 1. The smallest absolute Gasteiger partial charge is 0.420 e. The summed E-state index contributed by atoms with van der Waals surface area (Å²) in [5.41, 5.74) is -0.603. The van der Waals surface area contributed by atoms with Crippen LogP contribution in [0.3, 0.4) is 0 Å². The molecule has 218 valence electrons. The maximum absolute atomic E-state index is 14.2. The lowest BCUT2D eigenvalue weighted by molar-refractivity contribution is -0.205. The molecule has 3 aromatic carbocycles. The topological polar surface area (TPSA) is 129 Å². The van der Waals surface area contributed by atoms with Crippen molar-refractivity contribution in [2.75, 3.05) is 0 Å². The van der Waals surface area contributed by atoms with E-state index < -0.39 is 46.8 Å². The average molecular weight is 584 g/mol. The Bertz CT molecular complexity index is 1780. The first-order valence-electron chi connectivity index (χ1n) is 13.1. The second-order valence-electron chi connectivity index (χ2n) is 10.3. The number of benzene rings is 3. The van der Waals surface area contributed by atoms with Gasteiger partial charge in [-0.05, 0) is 66.8 Å². The molecule has 13 heteroatoms. The molecule has 1 saturated carbocycles. The summed E-state index contributed by atoms with van der Waals surface area (Å²) in [6, 6.07) is 11.8. The highest BCUT2D eigenvalue weighted by Crippen LogP contribution is 2.40. The predicted octanol–water partition coefficient (Wildman–Crippen LogP) is 4.71. The van der Waals surface area contributed by atoms with Crippen LogP contribution in [-0.2, 0) is 19.1 Å². The Morgan fingerprint density at radius 3 is 2.48 bits per heavy atom. The van der Waals surface area contributed by atoms with E-state index in [-0.39, 0.29) is 11.4 Å². The lowest BCUT2D eigenvalue weighted by Crippen LogP contribution is -2.50. The third-order valence-electron chi connectivity index (χ3n) is 7.42. The van der Waals surface area contributed by atoms with Gasteiger partial charge in [-0.1, -0.05) is 18.2 Å². The summed E-state index contributed by atoms with van der Waals surface area (Å²) in [6.07, 6.45) is -2.81. The Hall–Kier alpha value is -4.17. The monoisotopic (exact) mass is 583 g/mol. The molecule has 0 aliphatic heterocycles. The summed E-state index contributed by atoms with van der Waals surface area (Å²) in [7, 11) is 1.71. The Morgan fingerprint density at radius 1 is 1.00 bits per heavy atom. The number of hydrogen-bond acceptors (Lipinski definition) is 8. The third kappa shape index (κ3) is 5.15. The van der Waals surface area contributed by atoms with Crippen molar-refractivity contribution in [3.05, 3.63) is 77.9 Å². The van der Waals surface area contributed by atoms with Gasteiger partial charge in [0.25, 0.3) is 5.91 Å². The van der Waals surface area contributed by atoms with Gasteiger partial charge in [-0.2, -0.15) is 13.2 Å². The van der Waals surface area contributed by atoms with E-state index in [9.17, 15) is 32.9 Å². The Kier molecular flexibility index (Phi) is 6.84. The van der Waals surface area contributed by atoms with Gasteiger partial charge >= 0.3 is 6.18 Å². The van der Waals surface area contributed by atoms with Gasteiger partial charge in [-0.25, -0.2) is 9.37 Å². The number of hydrogen-bond donors (Lipinski definition) is 4. The first-order valence-corrected chi connectivity index (χ1v) is 13.1. The fraction of sp³-hybridized carbons (Fsp3) is 0.276. The number of alkyl halides is 3. The minimum absolute atomic E-state index is 0.141. The number of halogens is 4. The van der Waals surface area contributed by atoms with Crippen LogP contribution < -0.4 is 5.32 Å². The summed E-state index contributed by atoms with van der Waals surface area (Å²) in [6.45, 7) is 0. The lowest BCUT2D eigenvalue weighted by Gasteiger charge is -2.29. The zero-order chi connectivity index (χ0) is 29.8. The number of nitrogens with zero attached hydrogens (tertiary/aromatic N) is 4. The first-order chi connectivity index (χ1) is 19.9. The fourth-order valence-electron chi connectivity index (χ4n) is 5.32. The molecule has 1 fully saturated rings. The number of fused-ring (bicyclic) bond motifs is 1. The highest BCUT2D eigenvalue weighted by atomic mass is 19.4. The maximum atomic E-state index is 14.2. The second kappa shape index (κ2) is 10.3. The van der Waals surface area contributed by atoms with Crippen LogP contribution >= 0.6 is 0 Å². The van der Waals surface area contributed by atoms with Gasteiger partial charge in [-0.3, -0.25) is 5.32 Å². The Morgan fingerprint density at radius 2 is 1.79 bits per heavy atom. The maximum Gasteiger partial charge on any atom is 0.420 e. The van der Waals surface area contributed by atoms with Gasteiger partial charge in [0.2, 0.25) is 5.89 Å². The summed E-state index contributed by atoms with van der Waals surface area (Å²) in [5.74, 6) is -3.09. The van der Waals surface area contributed by atoms with Crippen molar-refractivity contribution in [1.29, 1.82) is 0 Å². The van der Waals surface area contributed by atoms with Crippen LogP contribution in [-0.4, -0.2) is 47.2 Å². The van der Waals surface area contributed by atoms with Gasteiger partial charge in [0, 0.05) is 29.8 Å². The van der Waals surface area contributed by atoms with E-state index in [2.05, 4.69) is 20.5 Å². The van der Waals surface area contributed by atoms with Crippen molar-refractivity contribution in [3.8, 4) is 34.0 Å². The number of aromatic nitrogens is 4. The van der Waals surface area contributed by atoms with Crippen LogP contribution in [0.4, 0.5) is 17.6 Å². The predicted molar refractivity (Wildman–Crippen MR) is 143 cm³/mol. The fourth-order valence-corrected chi connectivity index (χ4v) is 5.32. The SMILES string of the molecule is Cn1cnnc1-c1cc(F)ccc1-c1cccc(-c2nc3cc(C(O)(O)NC4CCCC4O)cc(C(F)(F)F)c3o2)c1. The molecule has 0 amide bonds. The molecule has 9 nitrogen and oxygen atoms in total. The van der Waals surface area contributed by atoms with Crippen molar-refractivity contribution >= 4 is 11.1 Å². The van der Waals surface area contributed by atoms with Crippen LogP contribution in [0.25, 0.3) is 45.1 Å². The first kappa shape index (κ1) is 28.0. The van der Waals surface area contributed by atoms with E-state index in [0.717, 1.165) is 6.07 Å². The van der Waals surface area contributed by atoms with Crippen molar-refractivity contribution in [3.63, 3.8) is 0 Å². The summed E-state index contributed by atoms with van der Waals surface area (Å²) < 4.78 is 63.9. The van der Waals surface area contributed by atoms with Gasteiger partial charge < -0.3 is 24.3 Å². The standard InChI is InChI=1S/C29H25F4N5O4/c1-38-14-34-37-26(38)20-13-18(30)8-9-19(20)15-4-2-5-16(10-15)27-35-23-12-17(11-21(25(23)42-27)28(31,32)33)29(40,41)36-22-6-3-7-24(22)39/h2,4-5,8-14,22,24,36,39-41H,3,6-7H2,1H3. The molecule has 1 aliphatic rings. The molecule has 2 heterocycles. The molecule has 5 aromatic rings. The third-order valence-corrected chi connectivity index (χ3v) is 7.42. The number of oxazole rings is 1. The normalized spacial score (nSPS) is 17.8. The highest BCUT2D eigenvalue weighted by Gasteiger charge is 2.40. The van der Waals surface area contributed by atoms with Crippen LogP contribution in [0.5, 0.6) is 0 Å². The van der Waals surface area contributed by atoms with Gasteiger partial charge in [0.1, 0.15) is 23.2 Å². The Labute approximate surface area is 236 Å². The number of rotatable bonds is 6. The van der Waals surface area contributed by atoms with E-state index in [1.54, 1.807) is 41.9 Å². The molecule has 1 aliphatic carbocycles. The van der Waals surface area contributed by atoms with E-state index in [0.29, 0.717) is 53.4 Å². The average Bonchev–Trinajstić information content (AvgIpc) is 3.67. The van der Waals surface area contributed by atoms with Crippen LogP contribution in [0.15, 0.2) is 65.3 Å². The number of nitrogens with one attached hydrogen (secondary N) is 1. The molecular weight excluding hydrogens is 558 g/mol. The second-order valence-corrected chi connectivity index (χ2v) is 10.3.